The third kappa shape index (κ3) is 2.92. The van der Waals surface area contributed by atoms with Crippen LogP contribution < -0.4 is 4.72 Å². The molecule has 0 saturated heterocycles. The first-order valence-corrected chi connectivity index (χ1v) is 8.80. The highest BCUT2D eigenvalue weighted by Gasteiger charge is 2.20. The lowest BCUT2D eigenvalue weighted by Crippen LogP contribution is -2.16. The van der Waals surface area contributed by atoms with Crippen LogP contribution in [0, 0.1) is 20.8 Å². The van der Waals surface area contributed by atoms with Crippen LogP contribution in [0.2, 0.25) is 0 Å². The van der Waals surface area contributed by atoms with E-state index >= 15 is 0 Å². The molecule has 0 bridgehead atoms. The van der Waals surface area contributed by atoms with Crippen molar-refractivity contribution in [2.75, 3.05) is 4.72 Å². The van der Waals surface area contributed by atoms with E-state index in [0.29, 0.717) is 10.6 Å². The van der Waals surface area contributed by atoms with E-state index in [2.05, 4.69) is 9.71 Å². The van der Waals surface area contributed by atoms with E-state index in [1.807, 2.05) is 57.2 Å². The first kappa shape index (κ1) is 15.5. The molecule has 5 heteroatoms. The second kappa shape index (κ2) is 5.66. The zero-order valence-corrected chi connectivity index (χ0v) is 14.1. The first-order chi connectivity index (χ1) is 10.9. The maximum absolute atomic E-state index is 12.9. The molecule has 3 aromatic rings. The number of hydrogen-bond acceptors (Lipinski definition) is 3. The molecule has 0 spiro atoms. The fourth-order valence-electron chi connectivity index (χ4n) is 2.98. The van der Waals surface area contributed by atoms with Crippen LogP contribution in [0.4, 0.5) is 5.69 Å². The summed E-state index contributed by atoms with van der Waals surface area (Å²) in [5.74, 6) is 0. The summed E-state index contributed by atoms with van der Waals surface area (Å²) >= 11 is 0. The standard InChI is InChI=1S/C18H18N2O2S/c1-12-8-13(2)18(14(3)9-12)23(21,22)20-17-11-19-10-15-6-4-5-7-16(15)17/h4-11,20H,1-3H3. The Bertz CT molecular complexity index is 967. The number of nitrogens with zero attached hydrogens (tertiary/aromatic N) is 1. The molecular weight excluding hydrogens is 308 g/mol. The van der Waals surface area contributed by atoms with E-state index in [0.717, 1.165) is 27.5 Å². The highest BCUT2D eigenvalue weighted by molar-refractivity contribution is 7.92. The Kier molecular flexibility index (Phi) is 3.82. The second-order valence-electron chi connectivity index (χ2n) is 5.74. The molecule has 23 heavy (non-hydrogen) atoms. The van der Waals surface area contributed by atoms with Gasteiger partial charge in [0.2, 0.25) is 0 Å². The van der Waals surface area contributed by atoms with Gasteiger partial charge < -0.3 is 0 Å². The lowest BCUT2D eigenvalue weighted by molar-refractivity contribution is 0.600. The van der Waals surface area contributed by atoms with Crippen molar-refractivity contribution in [1.29, 1.82) is 0 Å². The summed E-state index contributed by atoms with van der Waals surface area (Å²) in [4.78, 5) is 4.45. The zero-order chi connectivity index (χ0) is 16.6. The normalized spacial score (nSPS) is 11.6. The van der Waals surface area contributed by atoms with Crippen molar-refractivity contribution in [3.8, 4) is 0 Å². The first-order valence-electron chi connectivity index (χ1n) is 7.32. The summed E-state index contributed by atoms with van der Waals surface area (Å²) in [6.07, 6.45) is 3.26. The van der Waals surface area contributed by atoms with Gasteiger partial charge in [0.25, 0.3) is 10.0 Å². The minimum absolute atomic E-state index is 0.330. The lowest BCUT2D eigenvalue weighted by atomic mass is 10.1. The van der Waals surface area contributed by atoms with Gasteiger partial charge in [-0.05, 0) is 31.9 Å². The van der Waals surface area contributed by atoms with E-state index in [1.165, 1.54) is 0 Å². The van der Waals surface area contributed by atoms with E-state index < -0.39 is 10.0 Å². The highest BCUT2D eigenvalue weighted by atomic mass is 32.2. The van der Waals surface area contributed by atoms with Gasteiger partial charge in [0.05, 0.1) is 16.8 Å². The average Bonchev–Trinajstić information content (AvgIpc) is 2.45. The minimum atomic E-state index is -3.67. The SMILES string of the molecule is Cc1cc(C)c(S(=O)(=O)Nc2cncc3ccccc23)c(C)c1. The van der Waals surface area contributed by atoms with Crippen LogP contribution >= 0.6 is 0 Å². The molecule has 0 saturated carbocycles. The molecule has 0 aliphatic rings. The van der Waals surface area contributed by atoms with Gasteiger partial charge in [-0.25, -0.2) is 8.42 Å². The fraction of sp³-hybridized carbons (Fsp3) is 0.167. The van der Waals surface area contributed by atoms with Crippen molar-refractivity contribution in [1.82, 2.24) is 4.98 Å². The molecule has 0 aliphatic heterocycles. The van der Waals surface area contributed by atoms with Gasteiger partial charge in [0.15, 0.2) is 0 Å². The van der Waals surface area contributed by atoms with Crippen LogP contribution in [-0.4, -0.2) is 13.4 Å². The van der Waals surface area contributed by atoms with Gasteiger partial charge in [-0.3, -0.25) is 9.71 Å². The molecule has 118 valence electrons. The maximum Gasteiger partial charge on any atom is 0.262 e. The molecule has 1 aromatic heterocycles. The molecule has 1 N–H and O–H groups in total. The molecular formula is C18H18N2O2S. The van der Waals surface area contributed by atoms with Crippen molar-refractivity contribution in [3.63, 3.8) is 0 Å². The number of anilines is 1. The summed E-state index contributed by atoms with van der Waals surface area (Å²) in [7, 11) is -3.67. The number of rotatable bonds is 3. The van der Waals surface area contributed by atoms with Crippen LogP contribution in [0.5, 0.6) is 0 Å². The predicted molar refractivity (Wildman–Crippen MR) is 93.2 cm³/mol. The molecule has 1 heterocycles. The quantitative estimate of drug-likeness (QED) is 0.792. The summed E-state index contributed by atoms with van der Waals surface area (Å²) < 4.78 is 28.4. The van der Waals surface area contributed by atoms with E-state index in [1.54, 1.807) is 12.4 Å². The summed E-state index contributed by atoms with van der Waals surface area (Å²) in [5.41, 5.74) is 3.01. The van der Waals surface area contributed by atoms with Crippen molar-refractivity contribution >= 4 is 26.5 Å². The third-order valence-electron chi connectivity index (χ3n) is 3.79. The zero-order valence-electron chi connectivity index (χ0n) is 13.3. The lowest BCUT2D eigenvalue weighted by Gasteiger charge is -2.14. The minimum Gasteiger partial charge on any atom is -0.277 e. The third-order valence-corrected chi connectivity index (χ3v) is 5.46. The molecule has 0 radical (unpaired) electrons. The molecule has 0 atom stereocenters. The predicted octanol–water partition coefficient (Wildman–Crippen LogP) is 3.96. The smallest absolute Gasteiger partial charge is 0.262 e. The number of hydrogen-bond donors (Lipinski definition) is 1. The Balaban J connectivity index is 2.12. The summed E-state index contributed by atoms with van der Waals surface area (Å²) in [6, 6.07) is 11.3. The Morgan fingerprint density at radius 1 is 0.957 bits per heavy atom. The Morgan fingerprint density at radius 3 is 2.30 bits per heavy atom. The van der Waals surface area contributed by atoms with Gasteiger partial charge >= 0.3 is 0 Å². The van der Waals surface area contributed by atoms with Gasteiger partial charge in [0.1, 0.15) is 0 Å². The van der Waals surface area contributed by atoms with E-state index in [-0.39, 0.29) is 0 Å². The van der Waals surface area contributed by atoms with Crippen LogP contribution in [0.25, 0.3) is 10.8 Å². The molecule has 0 amide bonds. The molecule has 2 aromatic carbocycles. The Hall–Kier alpha value is -2.40. The number of benzene rings is 2. The van der Waals surface area contributed by atoms with Gasteiger partial charge in [0, 0.05) is 17.0 Å². The van der Waals surface area contributed by atoms with Gasteiger partial charge in [-0.1, -0.05) is 42.0 Å². The highest BCUT2D eigenvalue weighted by Crippen LogP contribution is 2.27. The fourth-order valence-corrected chi connectivity index (χ4v) is 4.50. The molecule has 0 fully saturated rings. The number of sulfonamides is 1. The number of fused-ring (bicyclic) bond motifs is 1. The second-order valence-corrected chi connectivity index (χ2v) is 7.36. The molecule has 3 rings (SSSR count). The molecule has 0 unspecified atom stereocenters. The van der Waals surface area contributed by atoms with Crippen molar-refractivity contribution in [2.24, 2.45) is 0 Å². The Morgan fingerprint density at radius 2 is 1.61 bits per heavy atom. The van der Waals surface area contributed by atoms with Crippen molar-refractivity contribution < 1.29 is 8.42 Å². The molecule has 4 nitrogen and oxygen atoms in total. The van der Waals surface area contributed by atoms with Crippen LogP contribution in [-0.2, 0) is 10.0 Å². The van der Waals surface area contributed by atoms with Crippen molar-refractivity contribution in [2.45, 2.75) is 25.7 Å². The van der Waals surface area contributed by atoms with Crippen LogP contribution in [0.15, 0.2) is 53.7 Å². The number of nitrogens with one attached hydrogen (secondary N) is 1. The van der Waals surface area contributed by atoms with E-state index in [4.69, 9.17) is 0 Å². The number of pyridine rings is 1. The Labute approximate surface area is 136 Å². The van der Waals surface area contributed by atoms with Gasteiger partial charge in [-0.15, -0.1) is 0 Å². The number of aryl methyl sites for hydroxylation is 3. The largest absolute Gasteiger partial charge is 0.277 e. The maximum atomic E-state index is 12.9. The van der Waals surface area contributed by atoms with Crippen LogP contribution in [0.1, 0.15) is 16.7 Å². The molecule has 0 aliphatic carbocycles. The van der Waals surface area contributed by atoms with Gasteiger partial charge in [-0.2, -0.15) is 0 Å². The number of aromatic nitrogens is 1. The van der Waals surface area contributed by atoms with Crippen LogP contribution in [0.3, 0.4) is 0 Å². The summed E-state index contributed by atoms with van der Waals surface area (Å²) in [6.45, 7) is 5.59. The van der Waals surface area contributed by atoms with E-state index in [9.17, 15) is 8.42 Å². The topological polar surface area (TPSA) is 59.1 Å². The monoisotopic (exact) mass is 326 g/mol. The van der Waals surface area contributed by atoms with Crippen molar-refractivity contribution in [3.05, 3.63) is 65.5 Å². The summed E-state index contributed by atoms with van der Waals surface area (Å²) in [5, 5.41) is 1.72. The average molecular weight is 326 g/mol.